The van der Waals surface area contributed by atoms with Gasteiger partial charge in [-0.25, -0.2) is 4.98 Å². The smallest absolute Gasteiger partial charge is 0.236 e. The molecule has 3 heterocycles. The van der Waals surface area contributed by atoms with E-state index in [-0.39, 0.29) is 11.7 Å². The van der Waals surface area contributed by atoms with Crippen molar-refractivity contribution in [2.75, 3.05) is 18.2 Å². The van der Waals surface area contributed by atoms with Gasteiger partial charge in [-0.15, -0.1) is 32.9 Å². The predicted molar refractivity (Wildman–Crippen MR) is 109 cm³/mol. The van der Waals surface area contributed by atoms with Crippen LogP contribution in [0.1, 0.15) is 4.88 Å². The lowest BCUT2D eigenvalue weighted by molar-refractivity contribution is -0.113. The summed E-state index contributed by atoms with van der Waals surface area (Å²) in [5.41, 5.74) is 1.97. The number of ether oxygens (including phenoxy) is 1. The summed E-state index contributed by atoms with van der Waals surface area (Å²) in [6.45, 7) is 1.95. The normalized spacial score (nSPS) is 11.0. The summed E-state index contributed by atoms with van der Waals surface area (Å²) in [7, 11) is 1.64. The van der Waals surface area contributed by atoms with Gasteiger partial charge in [-0.05, 0) is 19.1 Å². The maximum atomic E-state index is 12.2. The lowest BCUT2D eigenvalue weighted by Crippen LogP contribution is -2.14. The average molecular weight is 418 g/mol. The standard InChI is InChI=1S/C17H15N5O2S3/c1-10-7-18-15(27-10)19-14(23)9-26-17-21-20-16-22(17)13(8-25-16)11-4-3-5-12(6-11)24-2/h3-8H,9H2,1-2H3,(H,18,19,23). The van der Waals surface area contributed by atoms with E-state index in [0.717, 1.165) is 26.8 Å². The molecular formula is C17H15N5O2S3. The lowest BCUT2D eigenvalue weighted by atomic mass is 10.1. The first-order valence-electron chi connectivity index (χ1n) is 7.96. The summed E-state index contributed by atoms with van der Waals surface area (Å²) in [4.78, 5) is 18.2. The summed E-state index contributed by atoms with van der Waals surface area (Å²) in [5, 5.41) is 14.6. The van der Waals surface area contributed by atoms with E-state index in [1.165, 1.54) is 34.4 Å². The third-order valence-electron chi connectivity index (χ3n) is 3.69. The number of thioether (sulfide) groups is 1. The van der Waals surface area contributed by atoms with Crippen LogP contribution in [0.5, 0.6) is 5.75 Å². The Morgan fingerprint density at radius 1 is 1.37 bits per heavy atom. The van der Waals surface area contributed by atoms with E-state index in [1.807, 2.05) is 41.0 Å². The van der Waals surface area contributed by atoms with Crippen LogP contribution in [0.2, 0.25) is 0 Å². The van der Waals surface area contributed by atoms with Crippen molar-refractivity contribution in [3.63, 3.8) is 0 Å². The number of aryl methyl sites for hydroxylation is 1. The molecule has 1 N–H and O–H groups in total. The fourth-order valence-corrected chi connectivity index (χ4v) is 4.79. The van der Waals surface area contributed by atoms with Gasteiger partial charge in [-0.1, -0.05) is 23.9 Å². The molecule has 1 amide bonds. The maximum Gasteiger partial charge on any atom is 0.236 e. The summed E-state index contributed by atoms with van der Waals surface area (Å²) in [6.07, 6.45) is 1.74. The molecule has 0 radical (unpaired) electrons. The van der Waals surface area contributed by atoms with Crippen molar-refractivity contribution in [1.82, 2.24) is 19.6 Å². The Labute approximate surface area is 167 Å². The van der Waals surface area contributed by atoms with E-state index in [1.54, 1.807) is 13.3 Å². The zero-order chi connectivity index (χ0) is 18.8. The molecule has 3 aromatic heterocycles. The van der Waals surface area contributed by atoms with Crippen molar-refractivity contribution in [2.24, 2.45) is 0 Å². The lowest BCUT2D eigenvalue weighted by Gasteiger charge is -2.05. The van der Waals surface area contributed by atoms with Crippen LogP contribution in [0.4, 0.5) is 5.13 Å². The van der Waals surface area contributed by atoms with Crippen LogP contribution in [0.25, 0.3) is 16.2 Å². The minimum atomic E-state index is -0.121. The number of carbonyl (C=O) groups excluding carboxylic acids is 1. The highest BCUT2D eigenvalue weighted by Crippen LogP contribution is 2.31. The first-order valence-corrected chi connectivity index (χ1v) is 10.6. The van der Waals surface area contributed by atoms with E-state index in [0.29, 0.717) is 10.3 Å². The number of nitrogens with zero attached hydrogens (tertiary/aromatic N) is 4. The van der Waals surface area contributed by atoms with Crippen molar-refractivity contribution < 1.29 is 9.53 Å². The molecule has 10 heteroatoms. The summed E-state index contributed by atoms with van der Waals surface area (Å²) < 4.78 is 7.28. The van der Waals surface area contributed by atoms with Crippen LogP contribution in [0, 0.1) is 6.92 Å². The molecule has 0 saturated heterocycles. The fraction of sp³-hybridized carbons (Fsp3) is 0.176. The third-order valence-corrected chi connectivity index (χ3v) is 6.26. The second-order valence-corrected chi connectivity index (χ2v) is 8.58. The SMILES string of the molecule is COc1cccc(-c2csc3nnc(SCC(=O)Nc4ncc(C)s4)n23)c1. The molecule has 0 aliphatic rings. The second-order valence-electron chi connectivity index (χ2n) is 5.57. The Balaban J connectivity index is 1.54. The van der Waals surface area contributed by atoms with E-state index in [2.05, 4.69) is 20.5 Å². The largest absolute Gasteiger partial charge is 0.497 e. The molecule has 7 nitrogen and oxygen atoms in total. The molecule has 4 aromatic rings. The minimum absolute atomic E-state index is 0.121. The van der Waals surface area contributed by atoms with Gasteiger partial charge in [0, 0.05) is 22.0 Å². The van der Waals surface area contributed by atoms with E-state index < -0.39 is 0 Å². The number of rotatable bonds is 6. The minimum Gasteiger partial charge on any atom is -0.497 e. The number of anilines is 1. The number of benzene rings is 1. The second kappa shape index (κ2) is 7.67. The summed E-state index contributed by atoms with van der Waals surface area (Å²) in [6, 6.07) is 7.82. The van der Waals surface area contributed by atoms with Crippen LogP contribution in [0.3, 0.4) is 0 Å². The Morgan fingerprint density at radius 3 is 3.04 bits per heavy atom. The highest BCUT2D eigenvalue weighted by Gasteiger charge is 2.16. The van der Waals surface area contributed by atoms with Gasteiger partial charge in [0.15, 0.2) is 10.3 Å². The highest BCUT2D eigenvalue weighted by molar-refractivity contribution is 7.99. The van der Waals surface area contributed by atoms with Crippen molar-refractivity contribution in [3.8, 4) is 17.0 Å². The fourth-order valence-electron chi connectivity index (χ4n) is 2.47. The number of hydrogen-bond donors (Lipinski definition) is 1. The van der Waals surface area contributed by atoms with E-state index in [9.17, 15) is 4.79 Å². The Hall–Kier alpha value is -2.43. The molecule has 0 bridgehead atoms. The topological polar surface area (TPSA) is 81.4 Å². The average Bonchev–Trinajstić information content (AvgIpc) is 3.37. The number of aromatic nitrogens is 4. The molecule has 0 atom stereocenters. The predicted octanol–water partition coefficient (Wildman–Crippen LogP) is 3.96. The van der Waals surface area contributed by atoms with Crippen LogP contribution in [-0.4, -0.2) is 38.4 Å². The Kier molecular flexibility index (Phi) is 5.10. The number of amides is 1. The van der Waals surface area contributed by atoms with Crippen molar-refractivity contribution in [1.29, 1.82) is 0 Å². The van der Waals surface area contributed by atoms with Gasteiger partial charge in [0.05, 0.1) is 18.6 Å². The number of methoxy groups -OCH3 is 1. The molecule has 0 fully saturated rings. The van der Waals surface area contributed by atoms with Crippen LogP contribution in [0.15, 0.2) is 41.0 Å². The highest BCUT2D eigenvalue weighted by atomic mass is 32.2. The molecule has 27 heavy (non-hydrogen) atoms. The van der Waals surface area contributed by atoms with Crippen molar-refractivity contribution in [3.05, 3.63) is 40.7 Å². The van der Waals surface area contributed by atoms with Gasteiger partial charge in [0.2, 0.25) is 10.9 Å². The number of thiazole rings is 2. The quantitative estimate of drug-likeness (QED) is 0.478. The molecule has 0 spiro atoms. The summed E-state index contributed by atoms with van der Waals surface area (Å²) in [5.74, 6) is 0.892. The van der Waals surface area contributed by atoms with E-state index in [4.69, 9.17) is 4.74 Å². The molecule has 0 aliphatic carbocycles. The van der Waals surface area contributed by atoms with Gasteiger partial charge < -0.3 is 10.1 Å². The molecule has 0 saturated carbocycles. The van der Waals surface area contributed by atoms with Gasteiger partial charge in [0.1, 0.15) is 5.75 Å². The number of nitrogens with one attached hydrogen (secondary N) is 1. The van der Waals surface area contributed by atoms with Gasteiger partial charge >= 0.3 is 0 Å². The Bertz CT molecular complexity index is 1100. The van der Waals surface area contributed by atoms with Crippen LogP contribution >= 0.6 is 34.4 Å². The molecule has 4 rings (SSSR count). The first kappa shape index (κ1) is 18.0. The molecule has 1 aromatic carbocycles. The van der Waals surface area contributed by atoms with E-state index >= 15 is 0 Å². The number of hydrogen-bond acceptors (Lipinski definition) is 8. The monoisotopic (exact) mass is 417 g/mol. The summed E-state index contributed by atoms with van der Waals surface area (Å²) >= 11 is 4.30. The van der Waals surface area contributed by atoms with Crippen LogP contribution in [-0.2, 0) is 4.79 Å². The number of fused-ring (bicyclic) bond motifs is 1. The van der Waals surface area contributed by atoms with Gasteiger partial charge in [0.25, 0.3) is 0 Å². The maximum absolute atomic E-state index is 12.2. The number of carbonyl (C=O) groups is 1. The zero-order valence-electron chi connectivity index (χ0n) is 14.5. The Morgan fingerprint density at radius 2 is 2.26 bits per heavy atom. The van der Waals surface area contributed by atoms with Crippen molar-refractivity contribution >= 4 is 50.4 Å². The first-order chi connectivity index (χ1) is 13.1. The van der Waals surface area contributed by atoms with Gasteiger partial charge in [-0.3, -0.25) is 9.20 Å². The molecule has 0 unspecified atom stereocenters. The molecule has 0 aliphatic heterocycles. The zero-order valence-corrected chi connectivity index (χ0v) is 17.0. The third kappa shape index (κ3) is 3.82. The van der Waals surface area contributed by atoms with Crippen molar-refractivity contribution in [2.45, 2.75) is 12.1 Å². The van der Waals surface area contributed by atoms with Gasteiger partial charge in [-0.2, -0.15) is 0 Å². The molecule has 138 valence electrons. The molecular weight excluding hydrogens is 402 g/mol. The van der Waals surface area contributed by atoms with Crippen LogP contribution < -0.4 is 10.1 Å².